The molecule has 3 heteroatoms. The summed E-state index contributed by atoms with van der Waals surface area (Å²) in [5, 5.41) is 0. The highest BCUT2D eigenvalue weighted by atomic mass is 19.4. The first kappa shape index (κ1) is 16.1. The zero-order valence-electron chi connectivity index (χ0n) is 12.8. The Morgan fingerprint density at radius 3 is 1.83 bits per heavy atom. The molecule has 0 N–H and O–H groups in total. The van der Waals surface area contributed by atoms with Crippen molar-refractivity contribution >= 4 is 11.6 Å². The Balaban J connectivity index is 2.19. The van der Waals surface area contributed by atoms with Crippen LogP contribution in [0.25, 0.3) is 22.8 Å². The number of alkyl halides is 3. The zero-order valence-corrected chi connectivity index (χ0v) is 12.8. The van der Waals surface area contributed by atoms with Gasteiger partial charge in [-0.2, -0.15) is 13.2 Å². The summed E-state index contributed by atoms with van der Waals surface area (Å²) < 4.78 is 41.2. The van der Waals surface area contributed by atoms with Crippen molar-refractivity contribution in [2.24, 2.45) is 0 Å². The summed E-state index contributed by atoms with van der Waals surface area (Å²) in [4.78, 5) is 0. The molecule has 24 heavy (non-hydrogen) atoms. The van der Waals surface area contributed by atoms with E-state index < -0.39 is 11.7 Å². The topological polar surface area (TPSA) is 0 Å². The van der Waals surface area contributed by atoms with E-state index in [0.29, 0.717) is 11.1 Å². The van der Waals surface area contributed by atoms with Gasteiger partial charge in [0.1, 0.15) is 0 Å². The highest BCUT2D eigenvalue weighted by Crippen LogP contribution is 2.39. The first-order chi connectivity index (χ1) is 11.6. The van der Waals surface area contributed by atoms with E-state index in [1.54, 1.807) is 48.5 Å². The number of hydrogen-bond acceptors (Lipinski definition) is 0. The number of benzene rings is 3. The lowest BCUT2D eigenvalue weighted by molar-refractivity contribution is -0.0682. The Labute approximate surface area is 138 Å². The summed E-state index contributed by atoms with van der Waals surface area (Å²) in [6, 6.07) is 24.3. The van der Waals surface area contributed by atoms with Crippen molar-refractivity contribution in [3.63, 3.8) is 0 Å². The third kappa shape index (κ3) is 3.57. The van der Waals surface area contributed by atoms with Gasteiger partial charge in [-0.25, -0.2) is 0 Å². The number of halogens is 3. The molecule has 3 rings (SSSR count). The Morgan fingerprint density at radius 2 is 1.21 bits per heavy atom. The van der Waals surface area contributed by atoms with E-state index in [0.717, 1.165) is 5.56 Å². The Bertz CT molecular complexity index is 832. The van der Waals surface area contributed by atoms with Gasteiger partial charge in [0.2, 0.25) is 0 Å². The van der Waals surface area contributed by atoms with Crippen molar-refractivity contribution < 1.29 is 13.2 Å². The SMILES string of the molecule is FC(F)(F)C(=Cc1ccccc1)c1ccccc1-c1ccccc1. The molecule has 0 spiro atoms. The molecule has 0 heterocycles. The molecule has 0 radical (unpaired) electrons. The fraction of sp³-hybridized carbons (Fsp3) is 0.0476. The molecule has 120 valence electrons. The average Bonchev–Trinajstić information content (AvgIpc) is 2.60. The molecule has 0 nitrogen and oxygen atoms in total. The van der Waals surface area contributed by atoms with Gasteiger partial charge in [-0.15, -0.1) is 0 Å². The largest absolute Gasteiger partial charge is 0.417 e. The Morgan fingerprint density at radius 1 is 0.667 bits per heavy atom. The van der Waals surface area contributed by atoms with Crippen LogP contribution in [0.15, 0.2) is 84.9 Å². The molecule has 0 aliphatic carbocycles. The minimum absolute atomic E-state index is 0.181. The van der Waals surface area contributed by atoms with Crippen LogP contribution in [-0.2, 0) is 0 Å². The molecule has 0 amide bonds. The van der Waals surface area contributed by atoms with E-state index in [9.17, 15) is 13.2 Å². The first-order valence-electron chi connectivity index (χ1n) is 7.54. The summed E-state index contributed by atoms with van der Waals surface area (Å²) in [7, 11) is 0. The van der Waals surface area contributed by atoms with Crippen LogP contribution in [0.5, 0.6) is 0 Å². The van der Waals surface area contributed by atoms with Gasteiger partial charge in [-0.05, 0) is 28.3 Å². The van der Waals surface area contributed by atoms with Crippen molar-refractivity contribution in [3.05, 3.63) is 96.1 Å². The van der Waals surface area contributed by atoms with Crippen molar-refractivity contribution in [1.29, 1.82) is 0 Å². The second-order valence-corrected chi connectivity index (χ2v) is 5.38. The summed E-state index contributed by atoms with van der Waals surface area (Å²) in [5.41, 5.74) is 1.38. The minimum atomic E-state index is -4.44. The van der Waals surface area contributed by atoms with E-state index in [2.05, 4.69) is 0 Å². The van der Waals surface area contributed by atoms with Crippen molar-refractivity contribution in [2.45, 2.75) is 6.18 Å². The fourth-order valence-corrected chi connectivity index (χ4v) is 2.62. The smallest absolute Gasteiger partial charge is 0.166 e. The summed E-state index contributed by atoms with van der Waals surface area (Å²) in [6.45, 7) is 0. The van der Waals surface area contributed by atoms with Gasteiger partial charge >= 0.3 is 6.18 Å². The van der Waals surface area contributed by atoms with Crippen molar-refractivity contribution in [1.82, 2.24) is 0 Å². The molecule has 0 aliphatic rings. The van der Waals surface area contributed by atoms with Gasteiger partial charge in [0, 0.05) is 0 Å². The van der Waals surface area contributed by atoms with Gasteiger partial charge in [0.15, 0.2) is 0 Å². The number of rotatable bonds is 3. The van der Waals surface area contributed by atoms with E-state index >= 15 is 0 Å². The van der Waals surface area contributed by atoms with E-state index in [4.69, 9.17) is 0 Å². The van der Waals surface area contributed by atoms with Gasteiger partial charge in [0.25, 0.3) is 0 Å². The van der Waals surface area contributed by atoms with Crippen LogP contribution >= 0.6 is 0 Å². The van der Waals surface area contributed by atoms with E-state index in [1.165, 1.54) is 12.1 Å². The fourth-order valence-electron chi connectivity index (χ4n) is 2.62. The molecule has 0 aliphatic heterocycles. The molecule has 0 aromatic heterocycles. The third-order valence-corrected chi connectivity index (χ3v) is 3.72. The van der Waals surface area contributed by atoms with Crippen LogP contribution in [0, 0.1) is 0 Å². The Kier molecular flexibility index (Phi) is 4.52. The number of allylic oxidation sites excluding steroid dienone is 1. The molecule has 0 saturated heterocycles. The maximum Gasteiger partial charge on any atom is 0.417 e. The molecule has 3 aromatic carbocycles. The van der Waals surface area contributed by atoms with E-state index in [1.807, 2.05) is 30.3 Å². The van der Waals surface area contributed by atoms with Crippen molar-refractivity contribution in [2.75, 3.05) is 0 Å². The Hall–Kier alpha value is -2.81. The van der Waals surface area contributed by atoms with Gasteiger partial charge in [-0.1, -0.05) is 84.9 Å². The summed E-state index contributed by atoms with van der Waals surface area (Å²) in [5.74, 6) is 0. The monoisotopic (exact) mass is 324 g/mol. The molecule has 3 aromatic rings. The van der Waals surface area contributed by atoms with Crippen LogP contribution in [0.2, 0.25) is 0 Å². The highest BCUT2D eigenvalue weighted by Gasteiger charge is 2.35. The standard InChI is InChI=1S/C21H15F3/c22-21(23,24)20(15-16-9-3-1-4-10-16)19-14-8-7-13-18(19)17-11-5-2-6-12-17/h1-15H. The molecule has 0 fully saturated rings. The molecule has 0 bridgehead atoms. The number of hydrogen-bond donors (Lipinski definition) is 0. The van der Waals surface area contributed by atoms with Crippen LogP contribution in [0.1, 0.15) is 11.1 Å². The zero-order chi connectivity index (χ0) is 17.0. The van der Waals surface area contributed by atoms with Crippen LogP contribution in [0.4, 0.5) is 13.2 Å². The second-order valence-electron chi connectivity index (χ2n) is 5.38. The average molecular weight is 324 g/mol. The summed E-state index contributed by atoms with van der Waals surface area (Å²) in [6.07, 6.45) is -3.25. The summed E-state index contributed by atoms with van der Waals surface area (Å²) >= 11 is 0. The van der Waals surface area contributed by atoms with Crippen LogP contribution in [0.3, 0.4) is 0 Å². The van der Waals surface area contributed by atoms with Crippen LogP contribution in [-0.4, -0.2) is 6.18 Å². The maximum atomic E-state index is 13.7. The molecular formula is C21H15F3. The minimum Gasteiger partial charge on any atom is -0.166 e. The molecule has 0 unspecified atom stereocenters. The first-order valence-corrected chi connectivity index (χ1v) is 7.54. The van der Waals surface area contributed by atoms with Gasteiger partial charge in [0.05, 0.1) is 5.57 Å². The van der Waals surface area contributed by atoms with Crippen molar-refractivity contribution in [3.8, 4) is 11.1 Å². The molecule has 0 saturated carbocycles. The second kappa shape index (κ2) is 6.75. The van der Waals surface area contributed by atoms with E-state index in [-0.39, 0.29) is 5.56 Å². The maximum absolute atomic E-state index is 13.7. The molecular weight excluding hydrogens is 309 g/mol. The predicted molar refractivity (Wildman–Crippen MR) is 92.2 cm³/mol. The lowest BCUT2D eigenvalue weighted by atomic mass is 9.93. The third-order valence-electron chi connectivity index (χ3n) is 3.72. The van der Waals surface area contributed by atoms with Gasteiger partial charge in [-0.3, -0.25) is 0 Å². The lowest BCUT2D eigenvalue weighted by Crippen LogP contribution is -2.11. The lowest BCUT2D eigenvalue weighted by Gasteiger charge is -2.16. The highest BCUT2D eigenvalue weighted by molar-refractivity contribution is 5.91. The van der Waals surface area contributed by atoms with Gasteiger partial charge < -0.3 is 0 Å². The van der Waals surface area contributed by atoms with Crippen LogP contribution < -0.4 is 0 Å². The normalized spacial score (nSPS) is 12.2. The quantitative estimate of drug-likeness (QED) is 0.485. The molecule has 0 atom stereocenters. The predicted octanol–water partition coefficient (Wildman–Crippen LogP) is 6.46.